The standard InChI is InChI=1S/C14H16ClFN4O/c15-10-1-3-13(4-2-10)20-8-12(17-18-20)7-19-6-11(16)5-14(19)9-21/h1-4,8,11,14,21H,5-7,9H2/t11-,14-/m0/s1. The first-order chi connectivity index (χ1) is 10.2. The molecule has 2 atom stereocenters. The highest BCUT2D eigenvalue weighted by atomic mass is 35.5. The molecule has 0 amide bonds. The molecule has 0 bridgehead atoms. The first-order valence-corrected chi connectivity index (χ1v) is 7.19. The van der Waals surface area contributed by atoms with E-state index in [2.05, 4.69) is 10.3 Å². The Hall–Kier alpha value is -1.50. The maximum absolute atomic E-state index is 13.4. The van der Waals surface area contributed by atoms with Crippen molar-refractivity contribution in [2.24, 2.45) is 0 Å². The van der Waals surface area contributed by atoms with Gasteiger partial charge in [-0.15, -0.1) is 5.10 Å². The van der Waals surface area contributed by atoms with Crippen molar-refractivity contribution in [1.82, 2.24) is 19.9 Å². The van der Waals surface area contributed by atoms with Crippen LogP contribution in [0.4, 0.5) is 4.39 Å². The molecule has 0 radical (unpaired) electrons. The quantitative estimate of drug-likeness (QED) is 0.936. The molecule has 7 heteroatoms. The second kappa shape index (κ2) is 6.09. The van der Waals surface area contributed by atoms with E-state index in [4.69, 9.17) is 11.6 Å². The third kappa shape index (κ3) is 3.23. The van der Waals surface area contributed by atoms with Gasteiger partial charge in [0.1, 0.15) is 6.17 Å². The summed E-state index contributed by atoms with van der Waals surface area (Å²) in [7, 11) is 0. The van der Waals surface area contributed by atoms with E-state index < -0.39 is 6.17 Å². The number of aliphatic hydroxyl groups excluding tert-OH is 1. The number of likely N-dealkylation sites (tertiary alicyclic amines) is 1. The molecule has 5 nitrogen and oxygen atoms in total. The summed E-state index contributed by atoms with van der Waals surface area (Å²) in [5.41, 5.74) is 1.61. The van der Waals surface area contributed by atoms with Gasteiger partial charge >= 0.3 is 0 Å². The van der Waals surface area contributed by atoms with Crippen LogP contribution in [-0.4, -0.2) is 50.4 Å². The lowest BCUT2D eigenvalue weighted by molar-refractivity contribution is 0.152. The molecule has 2 heterocycles. The number of aromatic nitrogens is 3. The van der Waals surface area contributed by atoms with Crippen molar-refractivity contribution in [2.45, 2.75) is 25.2 Å². The molecule has 1 aromatic heterocycles. The number of nitrogens with zero attached hydrogens (tertiary/aromatic N) is 4. The van der Waals surface area contributed by atoms with Gasteiger partial charge in [-0.25, -0.2) is 9.07 Å². The monoisotopic (exact) mass is 310 g/mol. The summed E-state index contributed by atoms with van der Waals surface area (Å²) >= 11 is 5.85. The smallest absolute Gasteiger partial charge is 0.114 e. The molecule has 1 saturated heterocycles. The minimum absolute atomic E-state index is 0.0360. The zero-order valence-electron chi connectivity index (χ0n) is 11.4. The molecular formula is C14H16ClFN4O. The number of hydrogen-bond acceptors (Lipinski definition) is 4. The molecule has 2 aromatic rings. The molecule has 1 N–H and O–H groups in total. The summed E-state index contributed by atoms with van der Waals surface area (Å²) in [6.07, 6.45) is 1.30. The number of hydrogen-bond donors (Lipinski definition) is 1. The van der Waals surface area contributed by atoms with E-state index in [9.17, 15) is 9.50 Å². The lowest BCUT2D eigenvalue weighted by Gasteiger charge is -2.20. The van der Waals surface area contributed by atoms with Crippen molar-refractivity contribution in [3.05, 3.63) is 41.2 Å². The van der Waals surface area contributed by atoms with Gasteiger partial charge in [0.2, 0.25) is 0 Å². The summed E-state index contributed by atoms with van der Waals surface area (Å²) in [5.74, 6) is 0. The molecule has 1 aromatic carbocycles. The van der Waals surface area contributed by atoms with Crippen LogP contribution in [0.25, 0.3) is 5.69 Å². The fraction of sp³-hybridized carbons (Fsp3) is 0.429. The third-order valence-electron chi connectivity index (χ3n) is 3.68. The number of halogens is 2. The Morgan fingerprint density at radius 3 is 2.81 bits per heavy atom. The van der Waals surface area contributed by atoms with Gasteiger partial charge < -0.3 is 5.11 Å². The topological polar surface area (TPSA) is 54.2 Å². The van der Waals surface area contributed by atoms with Gasteiger partial charge in [0.05, 0.1) is 24.2 Å². The molecule has 0 unspecified atom stereocenters. The highest BCUT2D eigenvalue weighted by Gasteiger charge is 2.31. The van der Waals surface area contributed by atoms with Crippen molar-refractivity contribution in [1.29, 1.82) is 0 Å². The molecule has 1 aliphatic heterocycles. The van der Waals surface area contributed by atoms with Crippen LogP contribution in [-0.2, 0) is 6.54 Å². The number of benzene rings is 1. The normalized spacial score (nSPS) is 22.8. The van der Waals surface area contributed by atoms with Gasteiger partial charge in [-0.05, 0) is 30.7 Å². The number of rotatable bonds is 4. The van der Waals surface area contributed by atoms with E-state index >= 15 is 0 Å². The van der Waals surface area contributed by atoms with Crippen LogP contribution in [0.2, 0.25) is 5.02 Å². The van der Waals surface area contributed by atoms with Crippen LogP contribution < -0.4 is 0 Å². The highest BCUT2D eigenvalue weighted by molar-refractivity contribution is 6.30. The van der Waals surface area contributed by atoms with Gasteiger partial charge in [0.15, 0.2) is 0 Å². The third-order valence-corrected chi connectivity index (χ3v) is 3.94. The van der Waals surface area contributed by atoms with Gasteiger partial charge in [0, 0.05) is 24.2 Å². The lowest BCUT2D eigenvalue weighted by atomic mass is 10.2. The molecular weight excluding hydrogens is 295 g/mol. The maximum atomic E-state index is 13.4. The molecule has 3 rings (SSSR count). The Balaban J connectivity index is 1.72. The largest absolute Gasteiger partial charge is 0.395 e. The van der Waals surface area contributed by atoms with E-state index in [0.717, 1.165) is 11.4 Å². The summed E-state index contributed by atoms with van der Waals surface area (Å²) in [6, 6.07) is 7.14. The fourth-order valence-corrected chi connectivity index (χ4v) is 2.73. The highest BCUT2D eigenvalue weighted by Crippen LogP contribution is 2.22. The minimum Gasteiger partial charge on any atom is -0.395 e. The van der Waals surface area contributed by atoms with E-state index in [1.165, 1.54) is 0 Å². The molecule has 0 saturated carbocycles. The number of alkyl halides is 1. The first-order valence-electron chi connectivity index (χ1n) is 6.82. The van der Waals surface area contributed by atoms with Crippen molar-refractivity contribution < 1.29 is 9.50 Å². The fourth-order valence-electron chi connectivity index (χ4n) is 2.60. The first kappa shape index (κ1) is 14.4. The van der Waals surface area contributed by atoms with Crippen LogP contribution in [0.15, 0.2) is 30.5 Å². The average molecular weight is 311 g/mol. The Morgan fingerprint density at radius 1 is 1.33 bits per heavy atom. The van der Waals surface area contributed by atoms with Gasteiger partial charge in [-0.2, -0.15) is 0 Å². The summed E-state index contributed by atoms with van der Waals surface area (Å²) in [4.78, 5) is 1.90. The molecule has 21 heavy (non-hydrogen) atoms. The van der Waals surface area contributed by atoms with Crippen LogP contribution in [0, 0.1) is 0 Å². The summed E-state index contributed by atoms with van der Waals surface area (Å²) in [6.45, 7) is 0.782. The van der Waals surface area contributed by atoms with Crippen LogP contribution in [0.1, 0.15) is 12.1 Å². The maximum Gasteiger partial charge on any atom is 0.114 e. The Kier molecular flexibility index (Phi) is 4.19. The van der Waals surface area contributed by atoms with E-state index in [1.54, 1.807) is 16.8 Å². The van der Waals surface area contributed by atoms with Crippen molar-refractivity contribution in [2.75, 3.05) is 13.2 Å². The minimum atomic E-state index is -0.881. The Morgan fingerprint density at radius 2 is 2.10 bits per heavy atom. The zero-order chi connectivity index (χ0) is 14.8. The van der Waals surface area contributed by atoms with Crippen molar-refractivity contribution in [3.8, 4) is 5.69 Å². The van der Waals surface area contributed by atoms with Gasteiger partial charge in [-0.3, -0.25) is 4.90 Å². The van der Waals surface area contributed by atoms with E-state index in [1.807, 2.05) is 23.2 Å². The summed E-state index contributed by atoms with van der Waals surface area (Å²) < 4.78 is 15.1. The molecule has 1 aliphatic rings. The second-order valence-corrected chi connectivity index (χ2v) is 5.67. The van der Waals surface area contributed by atoms with E-state index in [-0.39, 0.29) is 12.6 Å². The van der Waals surface area contributed by atoms with Crippen molar-refractivity contribution >= 4 is 11.6 Å². The molecule has 0 aliphatic carbocycles. The van der Waals surface area contributed by atoms with Gasteiger partial charge in [-0.1, -0.05) is 16.8 Å². The van der Waals surface area contributed by atoms with Crippen LogP contribution in [0.5, 0.6) is 0 Å². The van der Waals surface area contributed by atoms with Crippen LogP contribution in [0.3, 0.4) is 0 Å². The lowest BCUT2D eigenvalue weighted by Crippen LogP contribution is -2.31. The predicted molar refractivity (Wildman–Crippen MR) is 77.2 cm³/mol. The number of aliphatic hydroxyl groups is 1. The molecule has 112 valence electrons. The molecule has 0 spiro atoms. The van der Waals surface area contributed by atoms with Crippen LogP contribution >= 0.6 is 11.6 Å². The predicted octanol–water partition coefficient (Wildman–Crippen LogP) is 1.83. The Bertz CT molecular complexity index is 603. The van der Waals surface area contributed by atoms with E-state index in [0.29, 0.717) is 24.5 Å². The zero-order valence-corrected chi connectivity index (χ0v) is 12.1. The second-order valence-electron chi connectivity index (χ2n) is 5.23. The van der Waals surface area contributed by atoms with Crippen molar-refractivity contribution in [3.63, 3.8) is 0 Å². The summed E-state index contributed by atoms with van der Waals surface area (Å²) in [5, 5.41) is 18.1. The molecule has 1 fully saturated rings. The Labute approximate surface area is 126 Å². The van der Waals surface area contributed by atoms with Gasteiger partial charge in [0.25, 0.3) is 0 Å². The SMILES string of the molecule is OC[C@@H]1C[C@H](F)CN1Cc1cn(-c2ccc(Cl)cc2)nn1. The average Bonchev–Trinajstić information content (AvgIpc) is 3.07.